The zero-order chi connectivity index (χ0) is 19.1. The number of carbonyl (C=O) groups is 1. The van der Waals surface area contributed by atoms with Crippen molar-refractivity contribution < 1.29 is 9.53 Å². The number of carbonyl (C=O) groups excluding carboxylic acids is 1. The average molecular weight is 367 g/mol. The predicted octanol–water partition coefficient (Wildman–Crippen LogP) is 0.976. The van der Waals surface area contributed by atoms with Crippen molar-refractivity contribution in [1.82, 2.24) is 19.3 Å². The van der Waals surface area contributed by atoms with Crippen molar-refractivity contribution in [3.8, 4) is 0 Å². The highest BCUT2D eigenvalue weighted by atomic mass is 16.5. The van der Waals surface area contributed by atoms with E-state index in [2.05, 4.69) is 10.3 Å². The van der Waals surface area contributed by atoms with Crippen LogP contribution >= 0.6 is 0 Å². The largest absolute Gasteiger partial charge is 0.376 e. The van der Waals surface area contributed by atoms with Crippen molar-refractivity contribution in [2.75, 3.05) is 13.7 Å². The summed E-state index contributed by atoms with van der Waals surface area (Å²) in [6, 6.07) is 5.14. The Hall–Kier alpha value is -3.00. The fraction of sp³-hybridized carbons (Fsp3) is 0.368. The van der Waals surface area contributed by atoms with E-state index in [9.17, 15) is 9.59 Å². The molecular formula is C19H21N5O3. The molecule has 140 valence electrons. The second kappa shape index (κ2) is 6.62. The summed E-state index contributed by atoms with van der Waals surface area (Å²) < 4.78 is 8.82. The highest BCUT2D eigenvalue weighted by Crippen LogP contribution is 2.17. The van der Waals surface area contributed by atoms with Crippen LogP contribution < -0.4 is 16.4 Å². The fourth-order valence-corrected chi connectivity index (χ4v) is 3.57. The lowest BCUT2D eigenvalue weighted by molar-refractivity contribution is 0.0938. The molecule has 3 aromatic rings. The third-order valence-electron chi connectivity index (χ3n) is 5.02. The maximum Gasteiger partial charge on any atom is 0.267 e. The minimum Gasteiger partial charge on any atom is -0.376 e. The number of hydrogen-bond donors (Lipinski definition) is 2. The van der Waals surface area contributed by atoms with Crippen molar-refractivity contribution in [2.24, 2.45) is 0 Å². The van der Waals surface area contributed by atoms with Gasteiger partial charge >= 0.3 is 0 Å². The van der Waals surface area contributed by atoms with Gasteiger partial charge in [-0.15, -0.1) is 0 Å². The van der Waals surface area contributed by atoms with Gasteiger partial charge in [0.2, 0.25) is 0 Å². The van der Waals surface area contributed by atoms with E-state index < -0.39 is 5.91 Å². The van der Waals surface area contributed by atoms with Crippen LogP contribution in [0.1, 0.15) is 28.8 Å². The Kier molecular flexibility index (Phi) is 4.27. The second-order valence-electron chi connectivity index (χ2n) is 6.77. The van der Waals surface area contributed by atoms with Crippen LogP contribution in [0.5, 0.6) is 0 Å². The number of amides is 1. The molecule has 0 radical (unpaired) electrons. The lowest BCUT2D eigenvalue weighted by atomic mass is 10.1. The molecule has 1 unspecified atom stereocenters. The Morgan fingerprint density at radius 3 is 2.96 bits per heavy atom. The highest BCUT2D eigenvalue weighted by Gasteiger charge is 2.21. The van der Waals surface area contributed by atoms with Gasteiger partial charge in [0.15, 0.2) is 0 Å². The Labute approximate surface area is 154 Å². The predicted molar refractivity (Wildman–Crippen MR) is 99.9 cm³/mol. The van der Waals surface area contributed by atoms with Crippen LogP contribution in [0.15, 0.2) is 29.2 Å². The molecular weight excluding hydrogens is 346 g/mol. The topological polar surface area (TPSA) is 101 Å². The van der Waals surface area contributed by atoms with Crippen molar-refractivity contribution in [1.29, 1.82) is 5.41 Å². The molecule has 0 bridgehead atoms. The molecule has 4 heterocycles. The van der Waals surface area contributed by atoms with Crippen LogP contribution in [0.4, 0.5) is 0 Å². The summed E-state index contributed by atoms with van der Waals surface area (Å²) in [4.78, 5) is 30.1. The summed E-state index contributed by atoms with van der Waals surface area (Å²) in [6.07, 6.45) is 3.45. The van der Waals surface area contributed by atoms with Crippen molar-refractivity contribution >= 4 is 22.6 Å². The van der Waals surface area contributed by atoms with Gasteiger partial charge in [-0.1, -0.05) is 6.07 Å². The van der Waals surface area contributed by atoms with Gasteiger partial charge in [0.1, 0.15) is 16.8 Å². The first kappa shape index (κ1) is 17.4. The third-order valence-corrected chi connectivity index (χ3v) is 5.02. The van der Waals surface area contributed by atoms with E-state index in [1.807, 2.05) is 13.0 Å². The van der Waals surface area contributed by atoms with Gasteiger partial charge in [0.25, 0.3) is 11.5 Å². The Morgan fingerprint density at radius 1 is 1.44 bits per heavy atom. The Bertz CT molecular complexity index is 1170. The molecule has 1 aliphatic heterocycles. The number of rotatable bonds is 3. The van der Waals surface area contributed by atoms with Gasteiger partial charge in [0.05, 0.1) is 23.6 Å². The molecule has 3 aromatic heterocycles. The summed E-state index contributed by atoms with van der Waals surface area (Å²) in [6.45, 7) is 2.96. The highest BCUT2D eigenvalue weighted by molar-refractivity contribution is 5.96. The van der Waals surface area contributed by atoms with E-state index in [-0.39, 0.29) is 22.7 Å². The average Bonchev–Trinajstić information content (AvgIpc) is 3.18. The summed E-state index contributed by atoms with van der Waals surface area (Å²) in [7, 11) is 1.51. The molecule has 27 heavy (non-hydrogen) atoms. The number of pyridine rings is 2. The standard InChI is InChI=1S/C19H21N5O3/c1-11-5-3-7-23-16(11)22-17-14(19(23)26)9-13(18(25)21-2)15(20)24(17)10-12-6-4-8-27-12/h3,5,7,9,12,20H,4,6,8,10H2,1-2H3,(H,21,25). The quantitative estimate of drug-likeness (QED) is 0.674. The molecule has 1 atom stereocenters. The lowest BCUT2D eigenvalue weighted by Gasteiger charge is -2.17. The molecule has 0 saturated carbocycles. The van der Waals surface area contributed by atoms with Crippen molar-refractivity contribution in [3.63, 3.8) is 0 Å². The van der Waals surface area contributed by atoms with Gasteiger partial charge in [-0.2, -0.15) is 0 Å². The van der Waals surface area contributed by atoms with Crippen LogP contribution in [0.25, 0.3) is 16.7 Å². The number of ether oxygens (including phenoxy) is 1. The summed E-state index contributed by atoms with van der Waals surface area (Å²) in [5.41, 5.74) is 1.73. The van der Waals surface area contributed by atoms with Gasteiger partial charge in [0, 0.05) is 19.9 Å². The maximum atomic E-state index is 13.1. The second-order valence-corrected chi connectivity index (χ2v) is 6.77. The first-order valence-corrected chi connectivity index (χ1v) is 8.95. The lowest BCUT2D eigenvalue weighted by Crippen LogP contribution is -2.35. The smallest absolute Gasteiger partial charge is 0.267 e. The SMILES string of the molecule is CNC(=O)c1cc2c(=O)n3cccc(C)c3nc2n(CC2CCCO2)c1=N. The molecule has 1 saturated heterocycles. The summed E-state index contributed by atoms with van der Waals surface area (Å²) in [5, 5.41) is 11.4. The molecule has 4 rings (SSSR count). The van der Waals surface area contributed by atoms with E-state index in [1.54, 1.807) is 16.8 Å². The van der Waals surface area contributed by atoms with E-state index in [0.29, 0.717) is 29.8 Å². The zero-order valence-corrected chi connectivity index (χ0v) is 15.3. The molecule has 1 fully saturated rings. The number of hydrogen-bond acceptors (Lipinski definition) is 5. The van der Waals surface area contributed by atoms with Crippen molar-refractivity contribution in [3.05, 3.63) is 51.4 Å². The third kappa shape index (κ3) is 2.82. The molecule has 0 aromatic carbocycles. The number of aromatic nitrogens is 3. The first-order valence-electron chi connectivity index (χ1n) is 8.95. The fourth-order valence-electron chi connectivity index (χ4n) is 3.57. The van der Waals surface area contributed by atoms with E-state index in [1.165, 1.54) is 17.5 Å². The Morgan fingerprint density at radius 2 is 2.26 bits per heavy atom. The molecule has 0 aliphatic carbocycles. The number of nitrogens with zero attached hydrogens (tertiary/aromatic N) is 3. The van der Waals surface area contributed by atoms with Gasteiger partial charge in [-0.25, -0.2) is 4.98 Å². The van der Waals surface area contributed by atoms with E-state index in [4.69, 9.17) is 10.1 Å². The Balaban J connectivity index is 2.09. The molecule has 2 N–H and O–H groups in total. The van der Waals surface area contributed by atoms with Crippen LogP contribution in [0.3, 0.4) is 0 Å². The van der Waals surface area contributed by atoms with Crippen LogP contribution in [0, 0.1) is 12.3 Å². The number of fused-ring (bicyclic) bond motifs is 2. The summed E-state index contributed by atoms with van der Waals surface area (Å²) >= 11 is 0. The maximum absolute atomic E-state index is 13.1. The number of nitrogens with one attached hydrogen (secondary N) is 2. The normalized spacial score (nSPS) is 16.9. The molecule has 1 amide bonds. The van der Waals surface area contributed by atoms with E-state index >= 15 is 0 Å². The number of aryl methyl sites for hydroxylation is 1. The minimum atomic E-state index is -0.406. The van der Waals surface area contributed by atoms with Crippen LogP contribution in [-0.2, 0) is 11.3 Å². The molecule has 8 nitrogen and oxygen atoms in total. The first-order chi connectivity index (χ1) is 13.0. The van der Waals surface area contributed by atoms with Gasteiger partial charge < -0.3 is 14.6 Å². The minimum absolute atomic E-state index is 0.0298. The monoisotopic (exact) mass is 367 g/mol. The molecule has 0 spiro atoms. The van der Waals surface area contributed by atoms with Crippen molar-refractivity contribution in [2.45, 2.75) is 32.4 Å². The zero-order valence-electron chi connectivity index (χ0n) is 15.3. The van der Waals surface area contributed by atoms with Gasteiger partial charge in [-0.05, 0) is 37.5 Å². The molecule has 1 aliphatic rings. The van der Waals surface area contributed by atoms with E-state index in [0.717, 1.165) is 18.4 Å². The van der Waals surface area contributed by atoms with Crippen LogP contribution in [-0.4, -0.2) is 39.6 Å². The van der Waals surface area contributed by atoms with Crippen LogP contribution in [0.2, 0.25) is 0 Å². The van der Waals surface area contributed by atoms with Gasteiger partial charge in [-0.3, -0.25) is 19.4 Å². The molecule has 8 heteroatoms. The summed E-state index contributed by atoms with van der Waals surface area (Å²) in [5.74, 6) is -0.406.